The van der Waals surface area contributed by atoms with Gasteiger partial charge in [0.1, 0.15) is 0 Å². The molecule has 0 atom stereocenters. The molecular formula is C3H7Cs. The molecule has 0 aromatic rings. The van der Waals surface area contributed by atoms with E-state index >= 15 is 0 Å². The standard InChI is InChI=1S/C3H7.Cs/c1-3-2;/h3H,1-2H3;. The van der Waals surface area contributed by atoms with Crippen molar-refractivity contribution < 1.29 is 0 Å². The van der Waals surface area contributed by atoms with E-state index in [1.54, 1.807) is 0 Å². The van der Waals surface area contributed by atoms with E-state index in [-0.39, 0.29) is 0 Å². The second kappa shape index (κ2) is 3.25. The van der Waals surface area contributed by atoms with Crippen molar-refractivity contribution in [1.82, 2.24) is 0 Å². The van der Waals surface area contributed by atoms with E-state index in [0.29, 0.717) is 0 Å². The van der Waals surface area contributed by atoms with Gasteiger partial charge in [-0.1, -0.05) is 0 Å². The van der Waals surface area contributed by atoms with Crippen LogP contribution < -0.4 is 0 Å². The molecule has 0 aliphatic rings. The van der Waals surface area contributed by atoms with Crippen molar-refractivity contribution in [3.63, 3.8) is 0 Å². The van der Waals surface area contributed by atoms with Gasteiger partial charge in [0.05, 0.1) is 0 Å². The van der Waals surface area contributed by atoms with Crippen LogP contribution in [0.4, 0.5) is 0 Å². The molecule has 0 rings (SSSR count). The summed E-state index contributed by atoms with van der Waals surface area (Å²) in [6.07, 6.45) is 0. The van der Waals surface area contributed by atoms with E-state index in [0.717, 1.165) is 63.3 Å². The Morgan fingerprint density at radius 3 is 1.50 bits per heavy atom. The van der Waals surface area contributed by atoms with Crippen LogP contribution in [0.1, 0.15) is 13.8 Å². The minimum absolute atomic E-state index is 0.858. The van der Waals surface area contributed by atoms with Gasteiger partial charge in [-0.05, 0) is 0 Å². The number of hydrogen-bond acceptors (Lipinski definition) is 0. The van der Waals surface area contributed by atoms with Crippen LogP contribution in [0.15, 0.2) is 0 Å². The zero-order valence-corrected chi connectivity index (χ0v) is 9.86. The first-order valence-corrected chi connectivity index (χ1v) is 5.36. The predicted molar refractivity (Wildman–Crippen MR) is 20.9 cm³/mol. The quantitative estimate of drug-likeness (QED) is 0.516. The summed E-state index contributed by atoms with van der Waals surface area (Å²) in [5.41, 5.74) is 0. The molecule has 0 fully saturated rings. The summed E-state index contributed by atoms with van der Waals surface area (Å²) in [4.78, 5) is 0. The number of hydrogen-bond donors (Lipinski definition) is 0. The van der Waals surface area contributed by atoms with Crippen molar-refractivity contribution in [1.29, 1.82) is 0 Å². The summed E-state index contributed by atoms with van der Waals surface area (Å²) in [5, 5.41) is 0. The maximum atomic E-state index is 2.27. The van der Waals surface area contributed by atoms with Crippen LogP contribution in [-0.2, 0) is 0 Å². The molecule has 0 aliphatic heterocycles. The van der Waals surface area contributed by atoms with Gasteiger partial charge in [0.15, 0.2) is 0 Å². The average molecular weight is 176 g/mol. The van der Waals surface area contributed by atoms with Crippen LogP contribution >= 0.6 is 0 Å². The fourth-order valence-corrected chi connectivity index (χ4v) is 0. The van der Waals surface area contributed by atoms with E-state index in [9.17, 15) is 0 Å². The molecule has 0 unspecified atom stereocenters. The van der Waals surface area contributed by atoms with E-state index in [1.165, 1.54) is 0 Å². The zero-order valence-electron chi connectivity index (χ0n) is 3.58. The van der Waals surface area contributed by atoms with Gasteiger partial charge in [0.2, 0.25) is 0 Å². The van der Waals surface area contributed by atoms with Gasteiger partial charge >= 0.3 is 77.1 Å². The molecule has 0 aliphatic carbocycles. The summed E-state index contributed by atoms with van der Waals surface area (Å²) < 4.78 is 1.06. The zero-order chi connectivity index (χ0) is 3.58. The predicted octanol–water partition coefficient (Wildman–Crippen LogP) is 0.983. The third kappa shape index (κ3) is 8.96. The molecule has 1 heteroatoms. The van der Waals surface area contributed by atoms with Gasteiger partial charge in [0.25, 0.3) is 0 Å². The fourth-order valence-electron chi connectivity index (χ4n) is 0. The van der Waals surface area contributed by atoms with Crippen molar-refractivity contribution in [2.24, 2.45) is 0 Å². The molecule has 20 valence electrons. The third-order valence-corrected chi connectivity index (χ3v) is 0. The molecule has 0 heterocycles. The molecular weight excluding hydrogens is 169 g/mol. The number of rotatable bonds is 0. The van der Waals surface area contributed by atoms with Crippen molar-refractivity contribution in [3.05, 3.63) is 0 Å². The first kappa shape index (κ1) is 6.05. The molecule has 0 saturated heterocycles. The van der Waals surface area contributed by atoms with E-state index in [4.69, 9.17) is 0 Å². The SMILES string of the molecule is C[CH](C)[Cs]. The van der Waals surface area contributed by atoms with Crippen molar-refractivity contribution in [2.75, 3.05) is 0 Å². The third-order valence-electron chi connectivity index (χ3n) is 0. The van der Waals surface area contributed by atoms with Gasteiger partial charge in [-0.3, -0.25) is 0 Å². The van der Waals surface area contributed by atoms with E-state index in [1.807, 2.05) is 0 Å². The summed E-state index contributed by atoms with van der Waals surface area (Å²) in [7, 11) is 0. The topological polar surface area (TPSA) is 0 Å². The summed E-state index contributed by atoms with van der Waals surface area (Å²) in [6, 6.07) is 0. The minimum atomic E-state index is 0.858. The van der Waals surface area contributed by atoms with Crippen molar-refractivity contribution >= 4 is 65.9 Å². The normalized spacial score (nSPS) is 9.25. The molecule has 0 bridgehead atoms. The average Bonchev–Trinajstić information content (AvgIpc) is 0.811. The summed E-state index contributed by atoms with van der Waals surface area (Å²) in [6.45, 7) is 4.53. The molecule has 0 radical (unpaired) electrons. The molecule has 0 aromatic carbocycles. The van der Waals surface area contributed by atoms with Crippen LogP contribution in [0.5, 0.6) is 0 Å². The van der Waals surface area contributed by atoms with Crippen molar-refractivity contribution in [2.45, 2.75) is 11.2 Å². The van der Waals surface area contributed by atoms with Crippen LogP contribution in [-0.4, -0.2) is 65.9 Å². The van der Waals surface area contributed by atoms with Crippen molar-refractivity contribution in [3.8, 4) is 0 Å². The molecule has 0 spiro atoms. The van der Waals surface area contributed by atoms with Crippen LogP contribution in [0.2, 0.25) is -2.66 Å². The van der Waals surface area contributed by atoms with Crippen LogP contribution in [0, 0.1) is 0 Å². The second-order valence-corrected chi connectivity index (χ2v) is 8.98. The Morgan fingerprint density at radius 1 is 1.50 bits per heavy atom. The van der Waals surface area contributed by atoms with Gasteiger partial charge in [-0.25, -0.2) is 0 Å². The first-order chi connectivity index (χ1) is 1.73. The fraction of sp³-hybridized carbons (Fsp3) is 1.00. The Morgan fingerprint density at radius 2 is 1.50 bits per heavy atom. The molecule has 0 amide bonds. The monoisotopic (exact) mass is 176 g/mol. The van der Waals surface area contributed by atoms with Gasteiger partial charge in [0, 0.05) is 0 Å². The summed E-state index contributed by atoms with van der Waals surface area (Å²) in [5.74, 6) is 0. The molecule has 0 nitrogen and oxygen atoms in total. The molecule has 0 saturated carbocycles. The Balaban J connectivity index is 2.32. The van der Waals surface area contributed by atoms with Gasteiger partial charge in [-0.15, -0.1) is 0 Å². The Labute approximate surface area is 74.7 Å². The van der Waals surface area contributed by atoms with Gasteiger partial charge in [-0.2, -0.15) is 0 Å². The Hall–Kier alpha value is 2.05. The molecule has 0 aromatic heterocycles. The van der Waals surface area contributed by atoms with E-state index < -0.39 is 0 Å². The van der Waals surface area contributed by atoms with Gasteiger partial charge < -0.3 is 0 Å². The second-order valence-electron chi connectivity index (χ2n) is 1.73. The molecule has 0 N–H and O–H groups in total. The van der Waals surface area contributed by atoms with Crippen LogP contribution in [0.25, 0.3) is 0 Å². The summed E-state index contributed by atoms with van der Waals surface area (Å²) >= 11 is 0.858. The molecule has 4 heavy (non-hydrogen) atoms. The maximum absolute atomic E-state index is 2.27. The first-order valence-electron chi connectivity index (χ1n) is 1.73. The Bertz CT molecular complexity index is 8.00. The van der Waals surface area contributed by atoms with E-state index in [2.05, 4.69) is 13.8 Å². The van der Waals surface area contributed by atoms with Crippen LogP contribution in [0.3, 0.4) is 0 Å². The Kier molecular flexibility index (Phi) is 4.92.